The maximum absolute atomic E-state index is 4.64. The van der Waals surface area contributed by atoms with Gasteiger partial charge in [-0.2, -0.15) is 0 Å². The van der Waals surface area contributed by atoms with Crippen LogP contribution in [0.4, 0.5) is 0 Å². The topological polar surface area (TPSA) is 12.9 Å². The molecule has 0 radical (unpaired) electrons. The first-order chi connectivity index (χ1) is 19.8. The average molecular weight is 530 g/mol. The number of hydrogen-bond donors (Lipinski definition) is 0. The van der Waals surface area contributed by atoms with E-state index in [1.54, 1.807) is 0 Å². The van der Waals surface area contributed by atoms with Gasteiger partial charge in [0.1, 0.15) is 0 Å². The molecule has 0 unspecified atom stereocenters. The van der Waals surface area contributed by atoms with Crippen LogP contribution in [0.3, 0.4) is 0 Å². The van der Waals surface area contributed by atoms with Gasteiger partial charge in [-0.15, -0.1) is 0 Å². The minimum atomic E-state index is -0.176. The molecule has 1 nitrogen and oxygen atoms in total. The number of benzene rings is 4. The maximum Gasteiger partial charge on any atom is 0.0346 e. The van der Waals surface area contributed by atoms with Gasteiger partial charge in [-0.3, -0.25) is 4.98 Å². The first kappa shape index (κ1) is 25.5. The number of allylic oxidation sites excluding steroid dienone is 7. The van der Waals surface area contributed by atoms with Crippen LogP contribution in [-0.2, 0) is 5.41 Å². The molecule has 0 saturated carbocycles. The minimum Gasteiger partial charge on any atom is -0.264 e. The minimum absolute atomic E-state index is 0.0720. The molecule has 0 bridgehead atoms. The van der Waals surface area contributed by atoms with Crippen molar-refractivity contribution in [2.24, 2.45) is 5.41 Å². The normalized spacial score (nSPS) is 19.6. The van der Waals surface area contributed by atoms with Gasteiger partial charge in [0.05, 0.1) is 0 Å². The average Bonchev–Trinajstić information content (AvgIpc) is 3.25. The van der Waals surface area contributed by atoms with E-state index in [-0.39, 0.29) is 10.8 Å². The van der Waals surface area contributed by atoms with Crippen molar-refractivity contribution < 1.29 is 0 Å². The van der Waals surface area contributed by atoms with Crippen LogP contribution in [0, 0.1) is 5.41 Å². The van der Waals surface area contributed by atoms with Crippen LogP contribution in [0.2, 0.25) is 0 Å². The summed E-state index contributed by atoms with van der Waals surface area (Å²) in [5.74, 6) is 0. The fraction of sp³-hybridized carbons (Fsp3) is 0.175. The number of pyridine rings is 1. The molecule has 2 aliphatic rings. The number of aromatic nitrogens is 1. The van der Waals surface area contributed by atoms with E-state index in [0.717, 1.165) is 17.6 Å². The standard InChI is InChI=1S/C40H35N/c1-26-16-17-27(30-12-10-22-41-25-30)20-21-39(2,3)38-34-19-18-29(24-36(34)40(4,5)37(26)38)35-23-28-11-6-7-13-31(28)32-14-8-9-15-33(32)35/h6-20,22-25H,1,21H2,2-5H3/b17-16-,27-20+. The smallest absolute Gasteiger partial charge is 0.0346 e. The van der Waals surface area contributed by atoms with Gasteiger partial charge >= 0.3 is 0 Å². The molecule has 1 aromatic heterocycles. The third-order valence-corrected chi connectivity index (χ3v) is 9.21. The van der Waals surface area contributed by atoms with Crippen molar-refractivity contribution in [1.29, 1.82) is 0 Å². The van der Waals surface area contributed by atoms with E-state index in [4.69, 9.17) is 0 Å². The van der Waals surface area contributed by atoms with Crippen molar-refractivity contribution >= 4 is 32.7 Å². The molecule has 0 N–H and O–H groups in total. The second kappa shape index (κ2) is 9.28. The number of nitrogens with zero attached hydrogens (tertiary/aromatic N) is 1. The summed E-state index contributed by atoms with van der Waals surface area (Å²) in [5, 5.41) is 5.18. The quantitative estimate of drug-likeness (QED) is 0.207. The number of rotatable bonds is 2. The van der Waals surface area contributed by atoms with Crippen LogP contribution in [0.5, 0.6) is 0 Å². The van der Waals surface area contributed by atoms with Crippen molar-refractivity contribution in [3.05, 3.63) is 150 Å². The lowest BCUT2D eigenvalue weighted by Gasteiger charge is -2.30. The van der Waals surface area contributed by atoms with E-state index >= 15 is 0 Å². The first-order valence-corrected chi connectivity index (χ1v) is 14.5. The Morgan fingerprint density at radius 2 is 1.44 bits per heavy atom. The molecule has 41 heavy (non-hydrogen) atoms. The zero-order valence-electron chi connectivity index (χ0n) is 24.3. The zero-order chi connectivity index (χ0) is 28.4. The van der Waals surface area contributed by atoms with E-state index in [1.807, 2.05) is 18.5 Å². The monoisotopic (exact) mass is 529 g/mol. The van der Waals surface area contributed by atoms with E-state index in [0.29, 0.717) is 0 Å². The molecule has 2 aliphatic carbocycles. The molecule has 0 aliphatic heterocycles. The summed E-state index contributed by atoms with van der Waals surface area (Å²) < 4.78 is 0. The summed E-state index contributed by atoms with van der Waals surface area (Å²) in [4.78, 5) is 4.36. The highest BCUT2D eigenvalue weighted by Crippen LogP contribution is 2.57. The van der Waals surface area contributed by atoms with Crippen molar-refractivity contribution in [3.63, 3.8) is 0 Å². The van der Waals surface area contributed by atoms with Gasteiger partial charge in [0.2, 0.25) is 0 Å². The van der Waals surface area contributed by atoms with Crippen LogP contribution in [0.1, 0.15) is 50.8 Å². The highest BCUT2D eigenvalue weighted by Gasteiger charge is 2.43. The maximum atomic E-state index is 4.64. The molecule has 0 saturated heterocycles. The van der Waals surface area contributed by atoms with E-state index in [9.17, 15) is 0 Å². The Morgan fingerprint density at radius 1 is 0.683 bits per heavy atom. The number of fused-ring (bicyclic) bond motifs is 5. The van der Waals surface area contributed by atoms with Crippen LogP contribution in [0.15, 0.2) is 133 Å². The zero-order valence-corrected chi connectivity index (χ0v) is 24.3. The van der Waals surface area contributed by atoms with Gasteiger partial charge in [-0.25, -0.2) is 0 Å². The molecule has 1 heteroatoms. The van der Waals surface area contributed by atoms with Crippen molar-refractivity contribution in [2.75, 3.05) is 0 Å². The highest BCUT2D eigenvalue weighted by molar-refractivity contribution is 6.13. The third-order valence-electron chi connectivity index (χ3n) is 9.21. The molecule has 0 fully saturated rings. The molecular weight excluding hydrogens is 494 g/mol. The molecule has 7 rings (SSSR count). The molecule has 0 atom stereocenters. The molecular formula is C40H35N. The molecule has 0 amide bonds. The molecule has 1 heterocycles. The van der Waals surface area contributed by atoms with Gasteiger partial charge in [0, 0.05) is 17.8 Å². The van der Waals surface area contributed by atoms with E-state index in [2.05, 4.69) is 136 Å². The third kappa shape index (κ3) is 4.03. The summed E-state index contributed by atoms with van der Waals surface area (Å²) in [6, 6.07) is 31.2. The summed E-state index contributed by atoms with van der Waals surface area (Å²) in [6.45, 7) is 14.2. The van der Waals surface area contributed by atoms with E-state index in [1.165, 1.54) is 60.5 Å². The van der Waals surface area contributed by atoms with Crippen LogP contribution in [-0.4, -0.2) is 4.98 Å². The van der Waals surface area contributed by atoms with Gasteiger partial charge in [-0.05, 0) is 102 Å². The predicted octanol–water partition coefficient (Wildman–Crippen LogP) is 10.7. The van der Waals surface area contributed by atoms with Crippen LogP contribution in [0.25, 0.3) is 43.8 Å². The van der Waals surface area contributed by atoms with Crippen molar-refractivity contribution in [2.45, 2.75) is 39.5 Å². The van der Waals surface area contributed by atoms with Gasteiger partial charge in [0.15, 0.2) is 0 Å². The lowest BCUT2D eigenvalue weighted by Crippen LogP contribution is -2.19. The Hall–Kier alpha value is -4.49. The van der Waals surface area contributed by atoms with E-state index < -0.39 is 0 Å². The molecule has 0 spiro atoms. The lowest BCUT2D eigenvalue weighted by molar-refractivity contribution is 0.506. The number of hydrogen-bond acceptors (Lipinski definition) is 1. The fourth-order valence-electron chi connectivity index (χ4n) is 7.14. The van der Waals surface area contributed by atoms with Gasteiger partial charge in [-0.1, -0.05) is 119 Å². The van der Waals surface area contributed by atoms with Crippen molar-refractivity contribution in [1.82, 2.24) is 4.98 Å². The Morgan fingerprint density at radius 3 is 2.22 bits per heavy atom. The van der Waals surface area contributed by atoms with Gasteiger partial charge in [0.25, 0.3) is 0 Å². The Balaban J connectivity index is 1.39. The summed E-state index contributed by atoms with van der Waals surface area (Å²) in [5.41, 5.74) is 11.3. The molecule has 4 aromatic carbocycles. The summed E-state index contributed by atoms with van der Waals surface area (Å²) in [6.07, 6.45) is 11.5. The summed E-state index contributed by atoms with van der Waals surface area (Å²) >= 11 is 0. The summed E-state index contributed by atoms with van der Waals surface area (Å²) in [7, 11) is 0. The predicted molar refractivity (Wildman–Crippen MR) is 176 cm³/mol. The molecule has 5 aromatic rings. The Kier molecular flexibility index (Phi) is 5.77. The Labute approximate surface area is 243 Å². The van der Waals surface area contributed by atoms with Crippen LogP contribution < -0.4 is 0 Å². The molecule has 200 valence electrons. The fourth-order valence-corrected chi connectivity index (χ4v) is 7.14. The van der Waals surface area contributed by atoms with Crippen molar-refractivity contribution in [3.8, 4) is 11.1 Å². The SMILES string of the molecule is C=C1/C=C\C(c2cccnc2)=C/CC(C)(C)C2=C1C(C)(C)c1cc(-c3cc4ccccc4c4ccccc34)ccc12. The lowest BCUT2D eigenvalue weighted by atomic mass is 9.73. The Bertz CT molecular complexity index is 1960. The van der Waals surface area contributed by atoms with Crippen LogP contribution >= 0.6 is 0 Å². The first-order valence-electron chi connectivity index (χ1n) is 14.5. The second-order valence-electron chi connectivity index (χ2n) is 12.7. The largest absolute Gasteiger partial charge is 0.264 e. The highest BCUT2D eigenvalue weighted by atomic mass is 14.6. The van der Waals surface area contributed by atoms with Gasteiger partial charge < -0.3 is 0 Å². The second-order valence-corrected chi connectivity index (χ2v) is 12.7.